The van der Waals surface area contributed by atoms with Gasteiger partial charge in [-0.2, -0.15) is 0 Å². The van der Waals surface area contributed by atoms with E-state index >= 15 is 0 Å². The van der Waals surface area contributed by atoms with Gasteiger partial charge in [0.15, 0.2) is 5.82 Å². The molecular weight excluding hydrogens is 294 g/mol. The molecular formula is C17H19N3O3. The highest BCUT2D eigenvalue weighted by molar-refractivity contribution is 5.89. The van der Waals surface area contributed by atoms with Crippen molar-refractivity contribution < 1.29 is 14.6 Å². The maximum Gasteiger partial charge on any atom is 0.336 e. The van der Waals surface area contributed by atoms with Crippen molar-refractivity contribution in [2.24, 2.45) is 0 Å². The quantitative estimate of drug-likeness (QED) is 0.908. The molecule has 0 saturated heterocycles. The van der Waals surface area contributed by atoms with E-state index in [1.54, 1.807) is 19.2 Å². The number of hydrogen-bond donors (Lipinski definition) is 1. The lowest BCUT2D eigenvalue weighted by atomic mass is 10.0. The molecule has 23 heavy (non-hydrogen) atoms. The Morgan fingerprint density at radius 2 is 2.22 bits per heavy atom. The Morgan fingerprint density at radius 1 is 1.39 bits per heavy atom. The summed E-state index contributed by atoms with van der Waals surface area (Å²) in [6.45, 7) is 2.62. The van der Waals surface area contributed by atoms with Gasteiger partial charge < -0.3 is 9.84 Å². The summed E-state index contributed by atoms with van der Waals surface area (Å²) in [6.07, 6.45) is 2.69. The van der Waals surface area contributed by atoms with E-state index in [1.807, 2.05) is 18.3 Å². The van der Waals surface area contributed by atoms with Crippen LogP contribution < -0.4 is 0 Å². The van der Waals surface area contributed by atoms with Crippen LogP contribution in [0.5, 0.6) is 0 Å². The van der Waals surface area contributed by atoms with Crippen LogP contribution in [0.3, 0.4) is 0 Å². The van der Waals surface area contributed by atoms with E-state index in [0.29, 0.717) is 24.5 Å². The second kappa shape index (κ2) is 6.85. The molecule has 120 valence electrons. The molecule has 1 N–H and O–H groups in total. The third-order valence-electron chi connectivity index (χ3n) is 3.98. The number of carboxylic acids is 1. The van der Waals surface area contributed by atoms with E-state index < -0.39 is 5.97 Å². The van der Waals surface area contributed by atoms with Crippen LogP contribution in [0.4, 0.5) is 0 Å². The van der Waals surface area contributed by atoms with Gasteiger partial charge in [-0.3, -0.25) is 4.90 Å². The number of nitrogens with zero attached hydrogens (tertiary/aromatic N) is 3. The van der Waals surface area contributed by atoms with Crippen molar-refractivity contribution in [2.75, 3.05) is 13.7 Å². The summed E-state index contributed by atoms with van der Waals surface area (Å²) < 4.78 is 5.06. The molecule has 0 spiro atoms. The van der Waals surface area contributed by atoms with Gasteiger partial charge in [0.05, 0.1) is 5.56 Å². The Balaban J connectivity index is 1.74. The van der Waals surface area contributed by atoms with Crippen LogP contribution >= 0.6 is 0 Å². The number of ether oxygens (including phenoxy) is 1. The van der Waals surface area contributed by atoms with Gasteiger partial charge in [-0.05, 0) is 11.6 Å². The Kier molecular flexibility index (Phi) is 4.64. The number of rotatable bonds is 5. The third-order valence-corrected chi connectivity index (χ3v) is 3.98. The maximum absolute atomic E-state index is 11.3. The summed E-state index contributed by atoms with van der Waals surface area (Å²) >= 11 is 0. The van der Waals surface area contributed by atoms with E-state index in [9.17, 15) is 9.90 Å². The van der Waals surface area contributed by atoms with Crippen molar-refractivity contribution in [3.8, 4) is 0 Å². The molecule has 6 nitrogen and oxygen atoms in total. The van der Waals surface area contributed by atoms with Crippen LogP contribution in [0.2, 0.25) is 0 Å². The average molecular weight is 313 g/mol. The standard InChI is InChI=1S/C17H19N3O3/c1-23-11-16-18-8-13-10-20(7-6-15(13)19-16)9-12-4-2-3-5-14(12)17(21)22/h2-5,8H,6-7,9-11H2,1H3,(H,21,22). The highest BCUT2D eigenvalue weighted by Crippen LogP contribution is 2.20. The minimum Gasteiger partial charge on any atom is -0.478 e. The van der Waals surface area contributed by atoms with Crippen LogP contribution in [0.1, 0.15) is 33.0 Å². The number of hydrogen-bond acceptors (Lipinski definition) is 5. The van der Waals surface area contributed by atoms with Gasteiger partial charge >= 0.3 is 5.97 Å². The molecule has 2 aromatic rings. The largest absolute Gasteiger partial charge is 0.478 e. The third kappa shape index (κ3) is 3.55. The van der Waals surface area contributed by atoms with Crippen LogP contribution in [-0.2, 0) is 30.9 Å². The molecule has 1 aliphatic heterocycles. The van der Waals surface area contributed by atoms with Crippen LogP contribution in [0.25, 0.3) is 0 Å². The lowest BCUT2D eigenvalue weighted by Crippen LogP contribution is -2.31. The number of benzene rings is 1. The molecule has 6 heteroatoms. The van der Waals surface area contributed by atoms with Crippen molar-refractivity contribution in [1.29, 1.82) is 0 Å². The molecule has 3 rings (SSSR count). The molecule has 1 aromatic carbocycles. The molecule has 0 atom stereocenters. The normalized spacial score (nSPS) is 14.5. The van der Waals surface area contributed by atoms with E-state index in [4.69, 9.17) is 4.74 Å². The van der Waals surface area contributed by atoms with Crippen molar-refractivity contribution in [2.45, 2.75) is 26.1 Å². The molecule has 0 aliphatic carbocycles. The molecule has 0 radical (unpaired) electrons. The summed E-state index contributed by atoms with van der Waals surface area (Å²) in [5, 5.41) is 9.28. The smallest absolute Gasteiger partial charge is 0.336 e. The minimum atomic E-state index is -0.884. The first-order valence-electron chi connectivity index (χ1n) is 7.53. The fourth-order valence-corrected chi connectivity index (χ4v) is 2.86. The molecule has 0 bridgehead atoms. The first-order chi connectivity index (χ1) is 11.2. The van der Waals surface area contributed by atoms with Gasteiger partial charge in [-0.1, -0.05) is 18.2 Å². The minimum absolute atomic E-state index is 0.366. The number of methoxy groups -OCH3 is 1. The van der Waals surface area contributed by atoms with Crippen molar-refractivity contribution >= 4 is 5.97 Å². The number of carbonyl (C=O) groups is 1. The van der Waals surface area contributed by atoms with Gasteiger partial charge in [-0.15, -0.1) is 0 Å². The number of aromatic carboxylic acids is 1. The molecule has 0 amide bonds. The highest BCUT2D eigenvalue weighted by atomic mass is 16.5. The first kappa shape index (κ1) is 15.6. The molecule has 1 aliphatic rings. The number of carboxylic acid groups (broad SMARTS) is 1. The second-order valence-electron chi connectivity index (χ2n) is 5.61. The summed E-state index contributed by atoms with van der Waals surface area (Å²) in [6, 6.07) is 7.15. The number of fused-ring (bicyclic) bond motifs is 1. The van der Waals surface area contributed by atoms with Gasteiger partial charge in [-0.25, -0.2) is 14.8 Å². The van der Waals surface area contributed by atoms with Crippen molar-refractivity contribution in [3.05, 3.63) is 58.7 Å². The fourth-order valence-electron chi connectivity index (χ4n) is 2.86. The molecule has 0 unspecified atom stereocenters. The van der Waals surface area contributed by atoms with Crippen molar-refractivity contribution in [3.63, 3.8) is 0 Å². The Bertz CT molecular complexity index is 718. The Hall–Kier alpha value is -2.31. The topological polar surface area (TPSA) is 75.6 Å². The van der Waals surface area contributed by atoms with E-state index in [2.05, 4.69) is 14.9 Å². The summed E-state index contributed by atoms with van der Waals surface area (Å²) in [7, 11) is 1.63. The Labute approximate surface area is 134 Å². The first-order valence-corrected chi connectivity index (χ1v) is 7.53. The maximum atomic E-state index is 11.3. The molecule has 2 heterocycles. The highest BCUT2D eigenvalue weighted by Gasteiger charge is 2.20. The van der Waals surface area contributed by atoms with Crippen LogP contribution in [0, 0.1) is 0 Å². The van der Waals surface area contributed by atoms with E-state index in [1.165, 1.54) is 0 Å². The van der Waals surface area contributed by atoms with E-state index in [-0.39, 0.29) is 0 Å². The zero-order valence-electron chi connectivity index (χ0n) is 13.0. The predicted molar refractivity (Wildman–Crippen MR) is 84.0 cm³/mol. The summed E-state index contributed by atoms with van der Waals surface area (Å²) in [5.41, 5.74) is 3.36. The lowest BCUT2D eigenvalue weighted by Gasteiger charge is -2.28. The van der Waals surface area contributed by atoms with Gasteiger partial charge in [0, 0.05) is 50.6 Å². The summed E-state index contributed by atoms with van der Waals surface area (Å²) in [4.78, 5) is 22.4. The van der Waals surface area contributed by atoms with Gasteiger partial charge in [0.1, 0.15) is 6.61 Å². The lowest BCUT2D eigenvalue weighted by molar-refractivity contribution is 0.0694. The summed E-state index contributed by atoms with van der Waals surface area (Å²) in [5.74, 6) is -0.179. The predicted octanol–water partition coefficient (Wildman–Crippen LogP) is 1.88. The zero-order valence-corrected chi connectivity index (χ0v) is 13.0. The van der Waals surface area contributed by atoms with Gasteiger partial charge in [0.25, 0.3) is 0 Å². The van der Waals surface area contributed by atoms with Crippen molar-refractivity contribution in [1.82, 2.24) is 14.9 Å². The number of aromatic nitrogens is 2. The molecule has 0 saturated carbocycles. The zero-order chi connectivity index (χ0) is 16.2. The molecule has 1 aromatic heterocycles. The second-order valence-corrected chi connectivity index (χ2v) is 5.61. The van der Waals surface area contributed by atoms with Crippen LogP contribution in [0.15, 0.2) is 30.5 Å². The van der Waals surface area contributed by atoms with Gasteiger partial charge in [0.2, 0.25) is 0 Å². The average Bonchev–Trinajstić information content (AvgIpc) is 2.55. The monoisotopic (exact) mass is 313 g/mol. The fraction of sp³-hybridized carbons (Fsp3) is 0.353. The SMILES string of the molecule is COCc1ncc2c(n1)CCN(Cc1ccccc1C(=O)O)C2. The molecule has 0 fully saturated rings. The van der Waals surface area contributed by atoms with E-state index in [0.717, 1.165) is 36.3 Å². The van der Waals surface area contributed by atoms with Crippen LogP contribution in [-0.4, -0.2) is 39.6 Å². The Morgan fingerprint density at radius 3 is 3.00 bits per heavy atom.